The van der Waals surface area contributed by atoms with Crippen molar-refractivity contribution in [3.63, 3.8) is 0 Å². The first-order chi connectivity index (χ1) is 14.5. The quantitative estimate of drug-likeness (QED) is 0.398. The summed E-state index contributed by atoms with van der Waals surface area (Å²) in [5, 5.41) is 11.3. The van der Waals surface area contributed by atoms with Gasteiger partial charge in [0.2, 0.25) is 11.1 Å². The molecule has 8 nitrogen and oxygen atoms in total. The zero-order valence-corrected chi connectivity index (χ0v) is 18.0. The van der Waals surface area contributed by atoms with Gasteiger partial charge in [-0.1, -0.05) is 43.8 Å². The van der Waals surface area contributed by atoms with Gasteiger partial charge in [-0.3, -0.25) is 4.79 Å². The van der Waals surface area contributed by atoms with E-state index in [2.05, 4.69) is 29.4 Å². The van der Waals surface area contributed by atoms with Crippen molar-refractivity contribution in [2.45, 2.75) is 31.5 Å². The molecule has 0 atom stereocenters. The Balaban J connectivity index is 1.51. The van der Waals surface area contributed by atoms with Gasteiger partial charge in [-0.2, -0.15) is 0 Å². The Labute approximate surface area is 179 Å². The number of carbonyl (C=O) groups is 1. The van der Waals surface area contributed by atoms with Crippen LogP contribution in [0.1, 0.15) is 31.2 Å². The summed E-state index contributed by atoms with van der Waals surface area (Å²) in [6, 6.07) is 15.1. The molecule has 0 aliphatic heterocycles. The lowest BCUT2D eigenvalue weighted by Gasteiger charge is -2.09. The second kappa shape index (κ2) is 10.0. The molecule has 0 spiro atoms. The minimum atomic E-state index is -0.181. The molecule has 0 unspecified atom stereocenters. The number of nitrogens with zero attached hydrogens (tertiary/aromatic N) is 3. The van der Waals surface area contributed by atoms with Crippen LogP contribution >= 0.6 is 11.8 Å². The lowest BCUT2D eigenvalue weighted by molar-refractivity contribution is -0.113. The Morgan fingerprint density at radius 2 is 1.93 bits per heavy atom. The van der Waals surface area contributed by atoms with E-state index in [1.807, 2.05) is 30.3 Å². The monoisotopic (exact) mass is 427 g/mol. The van der Waals surface area contributed by atoms with E-state index in [1.54, 1.807) is 25.3 Å². The number of carbonyl (C=O) groups excluding carboxylic acids is 1. The first-order valence-electron chi connectivity index (χ1n) is 9.45. The van der Waals surface area contributed by atoms with Crippen molar-refractivity contribution >= 4 is 23.4 Å². The largest absolute Gasteiger partial charge is 0.497 e. The Hall–Kier alpha value is -3.20. The van der Waals surface area contributed by atoms with Crippen molar-refractivity contribution < 1.29 is 14.3 Å². The third-order valence-corrected chi connectivity index (χ3v) is 5.28. The van der Waals surface area contributed by atoms with Gasteiger partial charge in [-0.25, -0.2) is 4.68 Å². The van der Waals surface area contributed by atoms with Gasteiger partial charge in [-0.05, 0) is 35.7 Å². The van der Waals surface area contributed by atoms with E-state index < -0.39 is 0 Å². The van der Waals surface area contributed by atoms with E-state index in [0.717, 1.165) is 5.75 Å². The zero-order valence-electron chi connectivity index (χ0n) is 17.2. The minimum Gasteiger partial charge on any atom is -0.497 e. The van der Waals surface area contributed by atoms with Crippen LogP contribution in [-0.4, -0.2) is 33.6 Å². The summed E-state index contributed by atoms with van der Waals surface area (Å²) in [4.78, 5) is 12.2. The number of nitrogen functional groups attached to an aromatic ring is 1. The number of benzene rings is 2. The smallest absolute Gasteiger partial charge is 0.234 e. The fourth-order valence-electron chi connectivity index (χ4n) is 2.63. The standard InChI is InChI=1S/C21H25N5O3S/c1-14(2)15-7-9-17(10-8-15)29-12-19-24-25-21(26(19)22)30-13-20(27)23-16-5-4-6-18(11-16)28-3/h4-11,14H,12-13,22H2,1-3H3,(H,23,27). The Kier molecular flexibility index (Phi) is 7.18. The van der Waals surface area contributed by atoms with Crippen molar-refractivity contribution in [2.75, 3.05) is 24.0 Å². The van der Waals surface area contributed by atoms with Crippen LogP contribution in [0, 0.1) is 0 Å². The number of ether oxygens (including phenoxy) is 2. The summed E-state index contributed by atoms with van der Waals surface area (Å²) in [7, 11) is 1.58. The molecule has 0 radical (unpaired) electrons. The molecule has 3 aromatic rings. The highest BCUT2D eigenvalue weighted by Crippen LogP contribution is 2.21. The molecule has 0 aliphatic rings. The number of nitrogens with two attached hydrogens (primary N) is 1. The molecule has 0 saturated carbocycles. The third-order valence-electron chi connectivity index (χ3n) is 4.34. The van der Waals surface area contributed by atoms with E-state index in [4.69, 9.17) is 15.3 Å². The number of amides is 1. The van der Waals surface area contributed by atoms with E-state index in [0.29, 0.717) is 28.3 Å². The number of hydrogen-bond acceptors (Lipinski definition) is 7. The van der Waals surface area contributed by atoms with Crippen LogP contribution in [0.3, 0.4) is 0 Å². The SMILES string of the molecule is COc1cccc(NC(=O)CSc2nnc(COc3ccc(C(C)C)cc3)n2N)c1. The number of rotatable bonds is 9. The summed E-state index contributed by atoms with van der Waals surface area (Å²) in [5.74, 6) is 8.35. The normalized spacial score (nSPS) is 10.8. The van der Waals surface area contributed by atoms with Crippen LogP contribution in [0.2, 0.25) is 0 Å². The summed E-state index contributed by atoms with van der Waals surface area (Å²) < 4.78 is 12.2. The van der Waals surface area contributed by atoms with Crippen molar-refractivity contribution in [1.82, 2.24) is 14.9 Å². The van der Waals surface area contributed by atoms with Crippen molar-refractivity contribution in [3.05, 3.63) is 59.9 Å². The number of aromatic nitrogens is 3. The molecule has 2 aromatic carbocycles. The predicted octanol–water partition coefficient (Wildman–Crippen LogP) is 3.43. The first kappa shape index (κ1) is 21.5. The summed E-state index contributed by atoms with van der Waals surface area (Å²) in [5.41, 5.74) is 1.90. The zero-order chi connectivity index (χ0) is 21.5. The Bertz CT molecular complexity index is 989. The average Bonchev–Trinajstić information content (AvgIpc) is 3.10. The molecule has 1 amide bonds. The summed E-state index contributed by atoms with van der Waals surface area (Å²) in [6.45, 7) is 4.47. The van der Waals surface area contributed by atoms with Gasteiger partial charge < -0.3 is 20.6 Å². The van der Waals surface area contributed by atoms with Gasteiger partial charge in [0, 0.05) is 11.8 Å². The molecule has 3 N–H and O–H groups in total. The molecular weight excluding hydrogens is 402 g/mol. The molecule has 1 heterocycles. The number of anilines is 1. The highest BCUT2D eigenvalue weighted by molar-refractivity contribution is 7.99. The van der Waals surface area contributed by atoms with E-state index in [-0.39, 0.29) is 18.3 Å². The second-order valence-electron chi connectivity index (χ2n) is 6.85. The van der Waals surface area contributed by atoms with Gasteiger partial charge in [-0.15, -0.1) is 10.2 Å². The van der Waals surface area contributed by atoms with Crippen LogP contribution in [0.15, 0.2) is 53.7 Å². The Morgan fingerprint density at radius 3 is 2.63 bits per heavy atom. The third kappa shape index (κ3) is 5.66. The first-order valence-corrected chi connectivity index (χ1v) is 10.4. The van der Waals surface area contributed by atoms with E-state index >= 15 is 0 Å². The second-order valence-corrected chi connectivity index (χ2v) is 7.79. The van der Waals surface area contributed by atoms with Gasteiger partial charge in [0.1, 0.15) is 18.1 Å². The Morgan fingerprint density at radius 1 is 1.17 bits per heavy atom. The maximum absolute atomic E-state index is 12.2. The lowest BCUT2D eigenvalue weighted by atomic mass is 10.0. The molecule has 0 fully saturated rings. The highest BCUT2D eigenvalue weighted by atomic mass is 32.2. The fraction of sp³-hybridized carbons (Fsp3) is 0.286. The number of methoxy groups -OCH3 is 1. The maximum Gasteiger partial charge on any atom is 0.234 e. The highest BCUT2D eigenvalue weighted by Gasteiger charge is 2.13. The topological polar surface area (TPSA) is 104 Å². The molecule has 0 aliphatic carbocycles. The summed E-state index contributed by atoms with van der Waals surface area (Å²) in [6.07, 6.45) is 0. The predicted molar refractivity (Wildman–Crippen MR) is 117 cm³/mol. The van der Waals surface area contributed by atoms with Crippen LogP contribution in [0.25, 0.3) is 0 Å². The number of hydrogen-bond donors (Lipinski definition) is 2. The summed E-state index contributed by atoms with van der Waals surface area (Å²) >= 11 is 1.20. The molecule has 3 rings (SSSR count). The van der Waals surface area contributed by atoms with Crippen LogP contribution in [0.5, 0.6) is 11.5 Å². The van der Waals surface area contributed by atoms with Crippen LogP contribution < -0.4 is 20.6 Å². The number of nitrogens with one attached hydrogen (secondary N) is 1. The van der Waals surface area contributed by atoms with Crippen molar-refractivity contribution in [1.29, 1.82) is 0 Å². The molecule has 158 valence electrons. The van der Waals surface area contributed by atoms with Gasteiger partial charge in [0.05, 0.1) is 12.9 Å². The van der Waals surface area contributed by atoms with Crippen LogP contribution in [-0.2, 0) is 11.4 Å². The minimum absolute atomic E-state index is 0.143. The van der Waals surface area contributed by atoms with E-state index in [9.17, 15) is 4.79 Å². The molecule has 0 bridgehead atoms. The van der Waals surface area contributed by atoms with Gasteiger partial charge >= 0.3 is 0 Å². The molecule has 30 heavy (non-hydrogen) atoms. The maximum atomic E-state index is 12.2. The van der Waals surface area contributed by atoms with Gasteiger partial charge in [0.25, 0.3) is 0 Å². The molecular formula is C21H25N5O3S. The lowest BCUT2D eigenvalue weighted by Crippen LogP contribution is -2.18. The average molecular weight is 428 g/mol. The fourth-order valence-corrected chi connectivity index (χ4v) is 3.30. The molecule has 1 aromatic heterocycles. The molecule has 0 saturated heterocycles. The number of thioether (sulfide) groups is 1. The molecule has 9 heteroatoms. The van der Waals surface area contributed by atoms with Crippen LogP contribution in [0.4, 0.5) is 5.69 Å². The van der Waals surface area contributed by atoms with Crippen molar-refractivity contribution in [2.24, 2.45) is 0 Å². The van der Waals surface area contributed by atoms with Crippen molar-refractivity contribution in [3.8, 4) is 11.5 Å². The van der Waals surface area contributed by atoms with E-state index in [1.165, 1.54) is 22.0 Å². The van der Waals surface area contributed by atoms with Gasteiger partial charge in [0.15, 0.2) is 5.82 Å².